The van der Waals surface area contributed by atoms with Crippen LogP contribution < -0.4 is 5.32 Å². The molecule has 0 spiro atoms. The van der Waals surface area contributed by atoms with E-state index in [0.29, 0.717) is 13.1 Å². The Morgan fingerprint density at radius 2 is 2.00 bits per heavy atom. The van der Waals surface area contributed by atoms with Crippen LogP contribution in [0.25, 0.3) is 0 Å². The molecule has 0 radical (unpaired) electrons. The molecule has 0 aliphatic rings. The number of carbonyl (C=O) groups excluding carboxylic acids is 1. The Morgan fingerprint density at radius 1 is 1.33 bits per heavy atom. The van der Waals surface area contributed by atoms with E-state index in [-0.39, 0.29) is 24.0 Å². The number of aromatic carboxylic acids is 1. The fraction of sp³-hybridized carbons (Fsp3) is 0.455. The summed E-state index contributed by atoms with van der Waals surface area (Å²) in [6, 6.07) is 0. The number of rotatable bonds is 6. The number of nitrogens with zero attached hydrogens (tertiary/aromatic N) is 3. The predicted molar refractivity (Wildman–Crippen MR) is 65.4 cm³/mol. The molecule has 98 valence electrons. The highest BCUT2D eigenvalue weighted by Crippen LogP contribution is 2.02. The first-order chi connectivity index (χ1) is 8.58. The lowest BCUT2D eigenvalue weighted by atomic mass is 10.4. The molecule has 1 aromatic rings. The Bertz CT molecular complexity index is 432. The van der Waals surface area contributed by atoms with E-state index in [1.165, 1.54) is 6.20 Å². The number of carbonyl (C=O) groups is 2. The Kier molecular flexibility index (Phi) is 5.04. The fourth-order valence-corrected chi connectivity index (χ4v) is 1.41. The van der Waals surface area contributed by atoms with Crippen LogP contribution in [-0.4, -0.2) is 51.5 Å². The monoisotopic (exact) mass is 252 g/mol. The average Bonchev–Trinajstić information content (AvgIpc) is 2.38. The van der Waals surface area contributed by atoms with Gasteiger partial charge in [-0.15, -0.1) is 0 Å². The van der Waals surface area contributed by atoms with Crippen molar-refractivity contribution in [3.05, 3.63) is 18.1 Å². The fourth-order valence-electron chi connectivity index (χ4n) is 1.41. The highest BCUT2D eigenvalue weighted by molar-refractivity contribution is 5.85. The van der Waals surface area contributed by atoms with Crippen molar-refractivity contribution in [1.29, 1.82) is 0 Å². The van der Waals surface area contributed by atoms with Crippen molar-refractivity contribution < 1.29 is 14.7 Å². The van der Waals surface area contributed by atoms with Crippen molar-refractivity contribution in [2.75, 3.05) is 25.0 Å². The van der Waals surface area contributed by atoms with Gasteiger partial charge in [-0.25, -0.2) is 9.78 Å². The second-order valence-corrected chi connectivity index (χ2v) is 3.51. The number of carboxylic acids is 1. The molecule has 1 heterocycles. The van der Waals surface area contributed by atoms with Crippen molar-refractivity contribution in [3.63, 3.8) is 0 Å². The number of nitrogens with one attached hydrogen (secondary N) is 1. The number of aromatic nitrogens is 2. The van der Waals surface area contributed by atoms with Crippen LogP contribution in [0.4, 0.5) is 5.82 Å². The Hall–Kier alpha value is -2.18. The zero-order valence-corrected chi connectivity index (χ0v) is 10.4. The lowest BCUT2D eigenvalue weighted by Crippen LogP contribution is -2.35. The number of amides is 1. The van der Waals surface area contributed by atoms with Crippen molar-refractivity contribution in [2.45, 2.75) is 13.8 Å². The maximum atomic E-state index is 11.7. The third-order valence-electron chi connectivity index (χ3n) is 2.39. The van der Waals surface area contributed by atoms with Gasteiger partial charge in [-0.05, 0) is 13.8 Å². The highest BCUT2D eigenvalue weighted by Gasteiger charge is 2.10. The summed E-state index contributed by atoms with van der Waals surface area (Å²) in [7, 11) is 0. The molecule has 0 unspecified atom stereocenters. The van der Waals surface area contributed by atoms with Crippen LogP contribution in [0, 0.1) is 0 Å². The van der Waals surface area contributed by atoms with Crippen LogP contribution >= 0.6 is 0 Å². The molecule has 1 aromatic heterocycles. The summed E-state index contributed by atoms with van der Waals surface area (Å²) < 4.78 is 0. The quantitative estimate of drug-likeness (QED) is 0.763. The van der Waals surface area contributed by atoms with E-state index in [4.69, 9.17) is 5.11 Å². The van der Waals surface area contributed by atoms with Gasteiger partial charge in [0, 0.05) is 13.1 Å². The minimum Gasteiger partial charge on any atom is -0.476 e. The van der Waals surface area contributed by atoms with Gasteiger partial charge in [-0.3, -0.25) is 9.78 Å². The summed E-state index contributed by atoms with van der Waals surface area (Å²) in [4.78, 5) is 31.6. The maximum absolute atomic E-state index is 11.7. The molecule has 0 bridgehead atoms. The van der Waals surface area contributed by atoms with Gasteiger partial charge in [-0.1, -0.05) is 0 Å². The molecule has 1 amide bonds. The first-order valence-corrected chi connectivity index (χ1v) is 5.65. The van der Waals surface area contributed by atoms with Crippen molar-refractivity contribution in [3.8, 4) is 0 Å². The molecule has 2 N–H and O–H groups in total. The van der Waals surface area contributed by atoms with Gasteiger partial charge >= 0.3 is 5.97 Å². The lowest BCUT2D eigenvalue weighted by Gasteiger charge is -2.18. The normalized spacial score (nSPS) is 9.89. The Labute approximate surface area is 105 Å². The minimum absolute atomic E-state index is 0.0671. The van der Waals surface area contributed by atoms with Gasteiger partial charge in [0.05, 0.1) is 18.9 Å². The van der Waals surface area contributed by atoms with Crippen molar-refractivity contribution in [1.82, 2.24) is 14.9 Å². The minimum atomic E-state index is -1.15. The number of hydrogen-bond acceptors (Lipinski definition) is 5. The van der Waals surface area contributed by atoms with E-state index in [1.807, 2.05) is 13.8 Å². The van der Waals surface area contributed by atoms with Gasteiger partial charge < -0.3 is 15.3 Å². The summed E-state index contributed by atoms with van der Waals surface area (Å²) >= 11 is 0. The summed E-state index contributed by atoms with van der Waals surface area (Å²) in [5.74, 6) is -0.945. The summed E-state index contributed by atoms with van der Waals surface area (Å²) in [5.41, 5.74) is -0.157. The Balaban J connectivity index is 2.61. The van der Waals surface area contributed by atoms with E-state index >= 15 is 0 Å². The third-order valence-corrected chi connectivity index (χ3v) is 2.39. The molecular weight excluding hydrogens is 236 g/mol. The molecule has 0 saturated heterocycles. The standard InChI is InChI=1S/C11H16N4O3/c1-3-15(4-2)10(16)7-13-9-6-12-5-8(14-9)11(17)18/h5-6H,3-4,7H2,1-2H3,(H,13,14)(H,17,18). The lowest BCUT2D eigenvalue weighted by molar-refractivity contribution is -0.128. The molecule has 0 aliphatic heterocycles. The second kappa shape index (κ2) is 6.53. The van der Waals surface area contributed by atoms with Crippen LogP contribution in [0.2, 0.25) is 0 Å². The van der Waals surface area contributed by atoms with Gasteiger partial charge in [0.1, 0.15) is 5.82 Å². The van der Waals surface area contributed by atoms with E-state index in [1.54, 1.807) is 4.90 Å². The van der Waals surface area contributed by atoms with E-state index in [0.717, 1.165) is 6.20 Å². The van der Waals surface area contributed by atoms with E-state index < -0.39 is 5.97 Å². The van der Waals surface area contributed by atoms with Crippen LogP contribution in [0.3, 0.4) is 0 Å². The zero-order valence-electron chi connectivity index (χ0n) is 10.4. The molecule has 0 fully saturated rings. The molecule has 0 aliphatic carbocycles. The van der Waals surface area contributed by atoms with Crippen LogP contribution in [0.5, 0.6) is 0 Å². The first-order valence-electron chi connectivity index (χ1n) is 5.65. The molecule has 1 rings (SSSR count). The largest absolute Gasteiger partial charge is 0.476 e. The third kappa shape index (κ3) is 3.69. The predicted octanol–water partition coefficient (Wildman–Crippen LogP) is 0.455. The SMILES string of the molecule is CCN(CC)C(=O)CNc1cncc(C(=O)O)n1. The van der Waals surface area contributed by atoms with Crippen molar-refractivity contribution >= 4 is 17.7 Å². The Morgan fingerprint density at radius 3 is 2.56 bits per heavy atom. The highest BCUT2D eigenvalue weighted by atomic mass is 16.4. The van der Waals surface area contributed by atoms with Crippen LogP contribution in [-0.2, 0) is 4.79 Å². The second-order valence-electron chi connectivity index (χ2n) is 3.51. The molecule has 7 heteroatoms. The van der Waals surface area contributed by atoms with Gasteiger partial charge in [-0.2, -0.15) is 0 Å². The van der Waals surface area contributed by atoms with Crippen molar-refractivity contribution in [2.24, 2.45) is 0 Å². The van der Waals surface area contributed by atoms with Gasteiger partial charge in [0.15, 0.2) is 5.69 Å². The number of likely N-dealkylation sites (N-methyl/N-ethyl adjacent to an activating group) is 1. The number of carboxylic acid groups (broad SMARTS) is 1. The smallest absolute Gasteiger partial charge is 0.356 e. The molecule has 0 aromatic carbocycles. The van der Waals surface area contributed by atoms with Gasteiger partial charge in [0.2, 0.25) is 5.91 Å². The average molecular weight is 252 g/mol. The summed E-state index contributed by atoms with van der Waals surface area (Å²) in [5, 5.41) is 11.5. The molecule has 7 nitrogen and oxygen atoms in total. The molecule has 0 atom stereocenters. The van der Waals surface area contributed by atoms with Gasteiger partial charge in [0.25, 0.3) is 0 Å². The van der Waals surface area contributed by atoms with Crippen LogP contribution in [0.1, 0.15) is 24.3 Å². The van der Waals surface area contributed by atoms with Crippen LogP contribution in [0.15, 0.2) is 12.4 Å². The molecular formula is C11H16N4O3. The topological polar surface area (TPSA) is 95.4 Å². The zero-order chi connectivity index (χ0) is 13.5. The summed E-state index contributed by atoms with van der Waals surface area (Å²) in [6.07, 6.45) is 2.53. The first kappa shape index (κ1) is 13.9. The molecule has 0 saturated carbocycles. The van der Waals surface area contributed by atoms with E-state index in [9.17, 15) is 9.59 Å². The molecule has 18 heavy (non-hydrogen) atoms. The van der Waals surface area contributed by atoms with E-state index in [2.05, 4.69) is 15.3 Å². The number of hydrogen-bond donors (Lipinski definition) is 2. The number of anilines is 1. The maximum Gasteiger partial charge on any atom is 0.356 e. The summed E-state index contributed by atoms with van der Waals surface area (Å²) in [6.45, 7) is 5.13.